The molecule has 0 aliphatic carbocycles. The van der Waals surface area contributed by atoms with Gasteiger partial charge in [-0.15, -0.1) is 0 Å². The van der Waals surface area contributed by atoms with Crippen LogP contribution in [-0.2, 0) is 0 Å². The van der Waals surface area contributed by atoms with Crippen molar-refractivity contribution in [3.8, 4) is 0 Å². The lowest BCUT2D eigenvalue weighted by molar-refractivity contribution is -0.384. The molecule has 0 aliphatic rings. The van der Waals surface area contributed by atoms with E-state index in [1.165, 1.54) is 0 Å². The van der Waals surface area contributed by atoms with Gasteiger partial charge < -0.3 is 0 Å². The molecule has 2 rings (SSSR count). The van der Waals surface area contributed by atoms with E-state index in [9.17, 15) is 10.1 Å². The van der Waals surface area contributed by atoms with Crippen molar-refractivity contribution in [2.75, 3.05) is 0 Å². The minimum absolute atomic E-state index is 0.00323. The Morgan fingerprint density at radius 1 is 1.07 bits per heavy atom. The van der Waals surface area contributed by atoms with Crippen LogP contribution in [0.1, 0.15) is 0 Å². The molecular formula is C6Cl3N3O2S. The van der Waals surface area contributed by atoms with Gasteiger partial charge in [0, 0.05) is 0 Å². The summed E-state index contributed by atoms with van der Waals surface area (Å²) >= 11 is 18.1. The van der Waals surface area contributed by atoms with E-state index in [0.717, 1.165) is 11.7 Å². The molecule has 1 aromatic heterocycles. The molecular weight excluding hydrogens is 285 g/mol. The fourth-order valence-electron chi connectivity index (χ4n) is 1.05. The van der Waals surface area contributed by atoms with Gasteiger partial charge >= 0.3 is 5.69 Å². The molecule has 0 aliphatic heterocycles. The Labute approximate surface area is 102 Å². The van der Waals surface area contributed by atoms with Crippen molar-refractivity contribution in [2.24, 2.45) is 0 Å². The van der Waals surface area contributed by atoms with Crippen molar-refractivity contribution in [1.82, 2.24) is 8.75 Å². The van der Waals surface area contributed by atoms with E-state index in [1.807, 2.05) is 0 Å². The van der Waals surface area contributed by atoms with Gasteiger partial charge in [0.1, 0.15) is 21.1 Å². The van der Waals surface area contributed by atoms with Crippen LogP contribution in [-0.4, -0.2) is 13.7 Å². The molecule has 5 nitrogen and oxygen atoms in total. The standard InChI is InChI=1S/C6Cl3N3O2S/c7-1-2(8)6(12(13)14)3(9)5-4(1)10-15-11-5. The van der Waals surface area contributed by atoms with Crippen molar-refractivity contribution in [2.45, 2.75) is 0 Å². The number of nitro groups is 1. The fourth-order valence-corrected chi connectivity index (χ4v) is 2.53. The summed E-state index contributed by atoms with van der Waals surface area (Å²) in [6.45, 7) is 0. The molecule has 0 N–H and O–H groups in total. The van der Waals surface area contributed by atoms with E-state index in [1.54, 1.807) is 0 Å². The summed E-state index contributed by atoms with van der Waals surface area (Å²) in [6, 6.07) is 0. The first-order valence-electron chi connectivity index (χ1n) is 3.47. The maximum absolute atomic E-state index is 10.7. The Kier molecular flexibility index (Phi) is 2.68. The number of nitrogens with zero attached hydrogens (tertiary/aromatic N) is 3. The number of nitro benzene ring substituents is 1. The molecule has 0 atom stereocenters. The molecule has 0 amide bonds. The van der Waals surface area contributed by atoms with Crippen molar-refractivity contribution in [3.63, 3.8) is 0 Å². The summed E-state index contributed by atoms with van der Waals surface area (Å²) in [5, 5.41) is 10.3. The molecule has 0 spiro atoms. The summed E-state index contributed by atoms with van der Waals surface area (Å²) in [5.74, 6) is 0. The molecule has 1 heterocycles. The molecule has 78 valence electrons. The van der Waals surface area contributed by atoms with Crippen molar-refractivity contribution in [1.29, 1.82) is 0 Å². The Morgan fingerprint density at radius 3 is 2.13 bits per heavy atom. The number of rotatable bonds is 1. The fraction of sp³-hybridized carbons (Fsp3) is 0. The highest BCUT2D eigenvalue weighted by molar-refractivity contribution is 7.00. The molecule has 0 bridgehead atoms. The third kappa shape index (κ3) is 1.53. The Balaban J connectivity index is 2.98. The number of fused-ring (bicyclic) bond motifs is 1. The summed E-state index contributed by atoms with van der Waals surface area (Å²) < 4.78 is 7.66. The van der Waals surface area contributed by atoms with E-state index in [4.69, 9.17) is 34.8 Å². The second-order valence-corrected chi connectivity index (χ2v) is 4.17. The Hall–Kier alpha value is -0.690. The Morgan fingerprint density at radius 2 is 1.60 bits per heavy atom. The summed E-state index contributed by atoms with van der Waals surface area (Å²) in [6.07, 6.45) is 0. The maximum atomic E-state index is 10.7. The molecule has 9 heteroatoms. The van der Waals surface area contributed by atoms with Crippen LogP contribution < -0.4 is 0 Å². The number of halogens is 3. The average molecular weight is 285 g/mol. The normalized spacial score (nSPS) is 10.9. The molecule has 0 saturated carbocycles. The lowest BCUT2D eigenvalue weighted by Crippen LogP contribution is -1.92. The SMILES string of the molecule is O=[N+]([O-])c1c(Cl)c(Cl)c2nsnc2c1Cl. The zero-order valence-electron chi connectivity index (χ0n) is 6.70. The van der Waals surface area contributed by atoms with Gasteiger partial charge in [-0.2, -0.15) is 8.75 Å². The summed E-state index contributed by atoms with van der Waals surface area (Å²) in [7, 11) is 0. The van der Waals surface area contributed by atoms with Crippen molar-refractivity contribution in [3.05, 3.63) is 25.2 Å². The Bertz CT molecular complexity index is 570. The van der Waals surface area contributed by atoms with Crippen LogP contribution in [0, 0.1) is 10.1 Å². The van der Waals surface area contributed by atoms with Crippen molar-refractivity contribution >= 4 is 63.3 Å². The second-order valence-electron chi connectivity index (χ2n) is 2.51. The predicted octanol–water partition coefficient (Wildman–Crippen LogP) is 3.56. The first-order valence-corrected chi connectivity index (χ1v) is 5.33. The van der Waals surface area contributed by atoms with Gasteiger partial charge in [-0.05, 0) is 0 Å². The zero-order valence-corrected chi connectivity index (χ0v) is 9.78. The summed E-state index contributed by atoms with van der Waals surface area (Å²) in [5.41, 5.74) is 0.0357. The van der Waals surface area contributed by atoms with Gasteiger partial charge in [0.15, 0.2) is 0 Å². The lowest BCUT2D eigenvalue weighted by Gasteiger charge is -2.00. The molecule has 0 radical (unpaired) electrons. The van der Waals surface area contributed by atoms with Gasteiger partial charge in [-0.3, -0.25) is 10.1 Å². The second kappa shape index (κ2) is 3.71. The molecule has 0 saturated heterocycles. The highest BCUT2D eigenvalue weighted by Crippen LogP contribution is 2.43. The maximum Gasteiger partial charge on any atom is 0.310 e. The van der Waals surface area contributed by atoms with Gasteiger partial charge in [0.25, 0.3) is 0 Å². The molecule has 0 unspecified atom stereocenters. The number of benzene rings is 1. The lowest BCUT2D eigenvalue weighted by atomic mass is 10.2. The van der Waals surface area contributed by atoms with E-state index < -0.39 is 10.6 Å². The van der Waals surface area contributed by atoms with E-state index in [0.29, 0.717) is 0 Å². The van der Waals surface area contributed by atoms with Crippen LogP contribution >= 0.6 is 46.5 Å². The van der Waals surface area contributed by atoms with Crippen LogP contribution in [0.15, 0.2) is 0 Å². The van der Waals surface area contributed by atoms with Gasteiger partial charge in [0.2, 0.25) is 0 Å². The minimum Gasteiger partial charge on any atom is -0.258 e. The van der Waals surface area contributed by atoms with E-state index in [-0.39, 0.29) is 26.1 Å². The van der Waals surface area contributed by atoms with Crippen LogP contribution in [0.5, 0.6) is 0 Å². The van der Waals surface area contributed by atoms with Crippen LogP contribution in [0.3, 0.4) is 0 Å². The molecule has 2 aromatic rings. The highest BCUT2D eigenvalue weighted by atomic mass is 35.5. The van der Waals surface area contributed by atoms with Crippen LogP contribution in [0.4, 0.5) is 5.69 Å². The molecule has 0 fully saturated rings. The molecule has 15 heavy (non-hydrogen) atoms. The average Bonchev–Trinajstić information content (AvgIpc) is 2.62. The predicted molar refractivity (Wildman–Crippen MR) is 59.1 cm³/mol. The third-order valence-electron chi connectivity index (χ3n) is 1.70. The topological polar surface area (TPSA) is 68.9 Å². The quantitative estimate of drug-likeness (QED) is 0.456. The van der Waals surface area contributed by atoms with E-state index in [2.05, 4.69) is 8.75 Å². The number of aromatic nitrogens is 2. The monoisotopic (exact) mass is 283 g/mol. The largest absolute Gasteiger partial charge is 0.310 e. The van der Waals surface area contributed by atoms with Gasteiger partial charge in [0.05, 0.1) is 21.7 Å². The first kappa shape index (κ1) is 10.8. The van der Waals surface area contributed by atoms with Crippen LogP contribution in [0.2, 0.25) is 15.1 Å². The minimum atomic E-state index is -0.699. The van der Waals surface area contributed by atoms with Gasteiger partial charge in [-0.1, -0.05) is 34.8 Å². The molecule has 1 aromatic carbocycles. The first-order chi connectivity index (χ1) is 7.04. The summed E-state index contributed by atoms with van der Waals surface area (Å²) in [4.78, 5) is 9.99. The zero-order chi connectivity index (χ0) is 11.2. The van der Waals surface area contributed by atoms with Gasteiger partial charge in [-0.25, -0.2) is 0 Å². The van der Waals surface area contributed by atoms with E-state index >= 15 is 0 Å². The highest BCUT2D eigenvalue weighted by Gasteiger charge is 2.27. The smallest absolute Gasteiger partial charge is 0.258 e. The van der Waals surface area contributed by atoms with Crippen molar-refractivity contribution < 1.29 is 4.92 Å². The number of hydrogen-bond acceptors (Lipinski definition) is 5. The third-order valence-corrected chi connectivity index (χ3v) is 3.41. The van der Waals surface area contributed by atoms with Crippen LogP contribution in [0.25, 0.3) is 11.0 Å². The number of hydrogen-bond donors (Lipinski definition) is 0.